The Balaban J connectivity index is 1.11. The zero-order chi connectivity index (χ0) is 48.3. The fraction of sp³-hybridized carbons (Fsp3) is 0.0303. The van der Waals surface area contributed by atoms with E-state index in [1.807, 2.05) is 72.8 Å². The quantitative estimate of drug-likeness (QED) is 0.143. The van der Waals surface area contributed by atoms with Crippen molar-refractivity contribution in [2.24, 2.45) is 0 Å². The monoisotopic (exact) mass is 920 g/mol. The number of nitrogens with zero attached hydrogens (tertiary/aromatic N) is 6. The molecule has 0 aliphatic rings. The van der Waals surface area contributed by atoms with Gasteiger partial charge in [0.1, 0.15) is 0 Å². The first-order valence-electron chi connectivity index (χ1n) is 24.2. The normalized spacial score (nSPS) is 11.5. The van der Waals surface area contributed by atoms with Gasteiger partial charge in [-0.05, 0) is 102 Å². The van der Waals surface area contributed by atoms with E-state index in [2.05, 4.69) is 186 Å². The van der Waals surface area contributed by atoms with Crippen molar-refractivity contribution < 1.29 is 0 Å². The molecule has 3 heterocycles. The van der Waals surface area contributed by atoms with E-state index < -0.39 is 0 Å². The van der Waals surface area contributed by atoms with Crippen molar-refractivity contribution in [2.45, 2.75) is 13.8 Å². The summed E-state index contributed by atoms with van der Waals surface area (Å²) >= 11 is 0. The molecular weight excluding hydrogens is 877 g/mol. The molecule has 72 heavy (non-hydrogen) atoms. The molecule has 0 radical (unpaired) electrons. The Morgan fingerprint density at radius 1 is 0.333 bits per heavy atom. The summed E-state index contributed by atoms with van der Waals surface area (Å²) in [6.45, 7) is 13.1. The lowest BCUT2D eigenvalue weighted by Crippen LogP contribution is -2.04. The molecule has 6 heteroatoms. The summed E-state index contributed by atoms with van der Waals surface area (Å²) in [5.41, 5.74) is 17.9. The maximum Gasteiger partial charge on any atom is 0.197 e. The highest BCUT2D eigenvalue weighted by Gasteiger charge is 2.25. The molecular formula is C66H44N6. The standard InChI is InChI=1S/C66H44N6/c1-42-25-29-44(30-26-42)48-33-36-59-53(39-48)51-19-10-12-22-57(51)71(59)61-38-35-50(66-69-64(46-15-6-4-7-16-46)68-65(70-66)47-17-8-5-9-18-47)41-55(61)63-56(67-3)21-14-24-62(63)72-58-23-13-11-20-52(58)54-40-49(34-37-60(54)72)45-31-27-43(2)28-32-45/h4-41H,1-2H3. The highest BCUT2D eigenvalue weighted by molar-refractivity contribution is 6.13. The van der Waals surface area contributed by atoms with E-state index >= 15 is 0 Å². The first-order chi connectivity index (χ1) is 35.5. The lowest BCUT2D eigenvalue weighted by molar-refractivity contribution is 1.07. The number of rotatable bonds is 8. The first kappa shape index (κ1) is 42.4. The number of benzene rings is 10. The number of para-hydroxylation sites is 2. The van der Waals surface area contributed by atoms with Crippen LogP contribution in [0.4, 0.5) is 5.69 Å². The van der Waals surface area contributed by atoms with Crippen LogP contribution < -0.4 is 0 Å². The molecule has 338 valence electrons. The van der Waals surface area contributed by atoms with E-state index in [0.29, 0.717) is 23.2 Å². The third-order valence-corrected chi connectivity index (χ3v) is 14.0. The van der Waals surface area contributed by atoms with Crippen molar-refractivity contribution >= 4 is 49.3 Å². The molecule has 0 aliphatic carbocycles. The number of fused-ring (bicyclic) bond motifs is 6. The second kappa shape index (κ2) is 17.4. The van der Waals surface area contributed by atoms with E-state index in [1.165, 1.54) is 16.7 Å². The van der Waals surface area contributed by atoms with Gasteiger partial charge in [0.2, 0.25) is 0 Å². The van der Waals surface area contributed by atoms with Crippen LogP contribution in [0.5, 0.6) is 0 Å². The number of aromatic nitrogens is 5. The SMILES string of the molecule is [C-]#[N+]c1cccc(-n2c3ccccc3c3cc(-c4ccc(C)cc4)ccc32)c1-c1cc(-c2nc(-c3ccccc3)nc(-c3ccccc3)n2)ccc1-n1c2ccccc2c2cc(-c3ccc(C)cc3)ccc21. The smallest absolute Gasteiger partial charge is 0.197 e. The molecule has 0 aliphatic heterocycles. The molecule has 0 N–H and O–H groups in total. The van der Waals surface area contributed by atoms with Crippen LogP contribution in [0.3, 0.4) is 0 Å². The van der Waals surface area contributed by atoms with Crippen molar-refractivity contribution in [3.63, 3.8) is 0 Å². The molecule has 0 saturated carbocycles. The van der Waals surface area contributed by atoms with E-state index in [0.717, 1.165) is 99.5 Å². The second-order valence-electron chi connectivity index (χ2n) is 18.5. The van der Waals surface area contributed by atoms with Gasteiger partial charge in [0.25, 0.3) is 0 Å². The molecule has 3 aromatic heterocycles. The maximum atomic E-state index is 8.89. The molecule has 10 aromatic carbocycles. The van der Waals surface area contributed by atoms with Crippen LogP contribution in [-0.4, -0.2) is 24.1 Å². The average molecular weight is 921 g/mol. The van der Waals surface area contributed by atoms with Gasteiger partial charge in [0, 0.05) is 49.5 Å². The van der Waals surface area contributed by atoms with Crippen molar-refractivity contribution in [3.8, 4) is 78.9 Å². The Morgan fingerprint density at radius 2 is 0.764 bits per heavy atom. The molecule has 0 unspecified atom stereocenters. The van der Waals surface area contributed by atoms with Crippen LogP contribution in [0.2, 0.25) is 0 Å². The van der Waals surface area contributed by atoms with Crippen LogP contribution in [0.15, 0.2) is 231 Å². The molecule has 13 aromatic rings. The molecule has 0 saturated heterocycles. The summed E-state index contributed by atoms with van der Waals surface area (Å²) in [6, 6.07) is 80.9. The van der Waals surface area contributed by atoms with E-state index in [-0.39, 0.29) is 0 Å². The summed E-state index contributed by atoms with van der Waals surface area (Å²) in [5, 5.41) is 4.55. The molecule has 0 fully saturated rings. The molecule has 0 spiro atoms. The van der Waals surface area contributed by atoms with Crippen LogP contribution in [0.25, 0.3) is 127 Å². The lowest BCUT2D eigenvalue weighted by Gasteiger charge is -2.21. The van der Waals surface area contributed by atoms with Gasteiger partial charge in [-0.25, -0.2) is 19.8 Å². The van der Waals surface area contributed by atoms with Gasteiger partial charge >= 0.3 is 0 Å². The summed E-state index contributed by atoms with van der Waals surface area (Å²) in [6.07, 6.45) is 0. The Hall–Kier alpha value is -9.70. The second-order valence-corrected chi connectivity index (χ2v) is 18.5. The van der Waals surface area contributed by atoms with Gasteiger partial charge in [-0.1, -0.05) is 181 Å². The fourth-order valence-electron chi connectivity index (χ4n) is 10.4. The topological polar surface area (TPSA) is 52.9 Å². The highest BCUT2D eigenvalue weighted by atomic mass is 15.0. The van der Waals surface area contributed by atoms with Crippen LogP contribution in [0.1, 0.15) is 11.1 Å². The van der Waals surface area contributed by atoms with Gasteiger partial charge in [0.05, 0.1) is 34.3 Å². The molecule has 0 atom stereocenters. The lowest BCUT2D eigenvalue weighted by atomic mass is 9.96. The first-order valence-corrected chi connectivity index (χ1v) is 24.2. The third-order valence-electron chi connectivity index (χ3n) is 14.0. The average Bonchev–Trinajstić information content (AvgIpc) is 3.95. The van der Waals surface area contributed by atoms with Gasteiger partial charge in [-0.2, -0.15) is 0 Å². The predicted octanol–water partition coefficient (Wildman–Crippen LogP) is 17.2. The van der Waals surface area contributed by atoms with Crippen LogP contribution in [-0.2, 0) is 0 Å². The third kappa shape index (κ3) is 7.23. The summed E-state index contributed by atoms with van der Waals surface area (Å²) in [5.74, 6) is 1.69. The Labute approximate surface area is 417 Å². The van der Waals surface area contributed by atoms with Crippen molar-refractivity contribution in [1.82, 2.24) is 24.1 Å². The van der Waals surface area contributed by atoms with Gasteiger partial charge in [0.15, 0.2) is 23.2 Å². The van der Waals surface area contributed by atoms with E-state index in [1.54, 1.807) is 0 Å². The predicted molar refractivity (Wildman–Crippen MR) is 297 cm³/mol. The van der Waals surface area contributed by atoms with Crippen LogP contribution in [0, 0.1) is 20.4 Å². The zero-order valence-corrected chi connectivity index (χ0v) is 39.6. The summed E-state index contributed by atoms with van der Waals surface area (Å²) in [7, 11) is 0. The number of aryl methyl sites for hydroxylation is 2. The highest BCUT2D eigenvalue weighted by Crippen LogP contribution is 2.46. The van der Waals surface area contributed by atoms with Gasteiger partial charge < -0.3 is 9.13 Å². The Morgan fingerprint density at radius 3 is 1.28 bits per heavy atom. The minimum absolute atomic E-state index is 0.529. The summed E-state index contributed by atoms with van der Waals surface area (Å²) < 4.78 is 4.71. The fourth-order valence-corrected chi connectivity index (χ4v) is 10.4. The largest absolute Gasteiger partial charge is 0.310 e. The molecule has 6 nitrogen and oxygen atoms in total. The minimum Gasteiger partial charge on any atom is -0.310 e. The number of hydrogen-bond donors (Lipinski definition) is 0. The minimum atomic E-state index is 0.529. The number of hydrogen-bond acceptors (Lipinski definition) is 3. The van der Waals surface area contributed by atoms with Crippen LogP contribution >= 0.6 is 0 Å². The molecule has 0 amide bonds. The van der Waals surface area contributed by atoms with Crippen molar-refractivity contribution in [1.29, 1.82) is 0 Å². The van der Waals surface area contributed by atoms with Gasteiger partial charge in [-0.3, -0.25) is 0 Å². The van der Waals surface area contributed by atoms with Crippen molar-refractivity contribution in [3.05, 3.63) is 253 Å². The van der Waals surface area contributed by atoms with E-state index in [9.17, 15) is 0 Å². The summed E-state index contributed by atoms with van der Waals surface area (Å²) in [4.78, 5) is 19.8. The van der Waals surface area contributed by atoms with Crippen molar-refractivity contribution in [2.75, 3.05) is 0 Å². The van der Waals surface area contributed by atoms with E-state index in [4.69, 9.17) is 21.5 Å². The zero-order valence-electron chi connectivity index (χ0n) is 39.6. The Kier molecular flexibility index (Phi) is 10.2. The maximum absolute atomic E-state index is 8.89. The van der Waals surface area contributed by atoms with Gasteiger partial charge in [-0.15, -0.1) is 0 Å². The molecule has 0 bridgehead atoms. The Bertz CT molecular complexity index is 4220. The molecule has 13 rings (SSSR count).